The summed E-state index contributed by atoms with van der Waals surface area (Å²) in [7, 11) is 1.60. The number of ether oxygens (including phenoxy) is 1. The summed E-state index contributed by atoms with van der Waals surface area (Å²) in [5, 5.41) is 2.81. The number of nitrogens with zero attached hydrogens (tertiary/aromatic N) is 2. The molecule has 1 fully saturated rings. The molecule has 1 aliphatic rings. The minimum absolute atomic E-state index is 0.0265. The highest BCUT2D eigenvalue weighted by Crippen LogP contribution is 2.29. The van der Waals surface area contributed by atoms with Crippen LogP contribution in [0.3, 0.4) is 0 Å². The van der Waals surface area contributed by atoms with Crippen molar-refractivity contribution in [2.24, 2.45) is 0 Å². The predicted molar refractivity (Wildman–Crippen MR) is 117 cm³/mol. The Morgan fingerprint density at radius 2 is 1.87 bits per heavy atom. The third-order valence-corrected chi connectivity index (χ3v) is 5.92. The number of benzene rings is 1. The fourth-order valence-corrected chi connectivity index (χ4v) is 4.06. The molecule has 1 N–H and O–H groups in total. The minimum atomic E-state index is -0.257. The monoisotopic (exact) mass is 431 g/mol. The van der Waals surface area contributed by atoms with Gasteiger partial charge >= 0.3 is 0 Å². The second-order valence-electron chi connectivity index (χ2n) is 6.99. The van der Waals surface area contributed by atoms with E-state index in [4.69, 9.17) is 4.74 Å². The normalized spacial score (nSPS) is 14.9. The van der Waals surface area contributed by atoms with Gasteiger partial charge < -0.3 is 15.0 Å². The zero-order valence-corrected chi connectivity index (χ0v) is 17.8. The van der Waals surface area contributed by atoms with Gasteiger partial charge in [-0.2, -0.15) is 0 Å². The summed E-state index contributed by atoms with van der Waals surface area (Å²) >= 11 is 1.55. The summed E-state index contributed by atoms with van der Waals surface area (Å²) < 4.78 is 18.0. The van der Waals surface area contributed by atoms with E-state index in [2.05, 4.69) is 5.32 Å². The van der Waals surface area contributed by atoms with E-state index in [1.165, 1.54) is 12.1 Å². The molecule has 0 aliphatic carbocycles. The molecule has 2 heterocycles. The van der Waals surface area contributed by atoms with Crippen molar-refractivity contribution in [1.29, 1.82) is 0 Å². The van der Waals surface area contributed by atoms with Crippen LogP contribution in [-0.2, 0) is 14.3 Å². The van der Waals surface area contributed by atoms with Gasteiger partial charge in [0.25, 0.3) is 0 Å². The first-order valence-corrected chi connectivity index (χ1v) is 10.7. The molecule has 8 heteroatoms. The smallest absolute Gasteiger partial charge is 0.246 e. The van der Waals surface area contributed by atoms with Gasteiger partial charge in [0, 0.05) is 55.7 Å². The Balaban J connectivity index is 1.45. The van der Waals surface area contributed by atoms with Crippen molar-refractivity contribution < 1.29 is 18.7 Å². The zero-order chi connectivity index (χ0) is 21.3. The number of hydrogen-bond acceptors (Lipinski definition) is 5. The molecule has 1 aromatic carbocycles. The molecular formula is C22H26FN3O3S. The van der Waals surface area contributed by atoms with Crippen molar-refractivity contribution in [2.45, 2.75) is 0 Å². The number of halogens is 1. The van der Waals surface area contributed by atoms with Crippen molar-refractivity contribution >= 4 is 29.2 Å². The van der Waals surface area contributed by atoms with Crippen LogP contribution < -0.4 is 5.32 Å². The summed E-state index contributed by atoms with van der Waals surface area (Å²) in [6, 6.07) is 10.3. The van der Waals surface area contributed by atoms with Gasteiger partial charge in [0.2, 0.25) is 11.8 Å². The molecule has 1 aromatic heterocycles. The molecule has 1 saturated heterocycles. The second-order valence-corrected chi connectivity index (χ2v) is 8.10. The second kappa shape index (κ2) is 11.0. The number of nitrogens with one attached hydrogen (secondary N) is 1. The number of thiophene rings is 1. The highest BCUT2D eigenvalue weighted by atomic mass is 32.1. The molecule has 0 atom stereocenters. The molecule has 160 valence electrons. The lowest BCUT2D eigenvalue weighted by Gasteiger charge is -2.33. The van der Waals surface area contributed by atoms with Crippen LogP contribution in [0.4, 0.5) is 4.39 Å². The lowest BCUT2D eigenvalue weighted by molar-refractivity contribution is -0.128. The van der Waals surface area contributed by atoms with Gasteiger partial charge in [-0.3, -0.25) is 14.5 Å². The fourth-order valence-electron chi connectivity index (χ4n) is 3.15. The Morgan fingerprint density at radius 3 is 2.57 bits per heavy atom. The largest absolute Gasteiger partial charge is 0.383 e. The Hall–Kier alpha value is -2.55. The summed E-state index contributed by atoms with van der Waals surface area (Å²) in [6.07, 6.45) is 3.41. The van der Waals surface area contributed by atoms with Crippen LogP contribution in [0.1, 0.15) is 4.88 Å². The first-order chi connectivity index (χ1) is 14.5. The maximum Gasteiger partial charge on any atom is 0.246 e. The molecule has 0 saturated carbocycles. The number of methoxy groups -OCH3 is 1. The van der Waals surface area contributed by atoms with Crippen molar-refractivity contribution in [3.05, 3.63) is 53.2 Å². The highest BCUT2D eigenvalue weighted by molar-refractivity contribution is 7.16. The number of amides is 2. The molecule has 2 aromatic rings. The zero-order valence-electron chi connectivity index (χ0n) is 17.0. The van der Waals surface area contributed by atoms with Gasteiger partial charge in [-0.15, -0.1) is 11.3 Å². The third-order valence-electron chi connectivity index (χ3n) is 4.83. The first kappa shape index (κ1) is 22.1. The summed E-state index contributed by atoms with van der Waals surface area (Å²) in [6.45, 7) is 3.87. The molecule has 2 amide bonds. The van der Waals surface area contributed by atoms with E-state index in [0.29, 0.717) is 45.9 Å². The molecule has 0 radical (unpaired) electrons. The van der Waals surface area contributed by atoms with Crippen molar-refractivity contribution in [3.63, 3.8) is 0 Å². The van der Waals surface area contributed by atoms with Gasteiger partial charge in [0.1, 0.15) is 5.82 Å². The van der Waals surface area contributed by atoms with Gasteiger partial charge in [-0.05, 0) is 35.9 Å². The summed E-state index contributed by atoms with van der Waals surface area (Å²) in [5.41, 5.74) is 0.953. The van der Waals surface area contributed by atoms with Crippen molar-refractivity contribution in [3.8, 4) is 10.4 Å². The van der Waals surface area contributed by atoms with Gasteiger partial charge in [-0.25, -0.2) is 4.39 Å². The maximum atomic E-state index is 13.1. The number of piperazine rings is 1. The molecule has 1 aliphatic heterocycles. The maximum absolute atomic E-state index is 13.1. The average molecular weight is 432 g/mol. The van der Waals surface area contributed by atoms with Crippen LogP contribution in [-0.4, -0.2) is 74.6 Å². The molecule has 6 nitrogen and oxygen atoms in total. The van der Waals surface area contributed by atoms with E-state index in [1.807, 2.05) is 23.1 Å². The number of rotatable bonds is 8. The van der Waals surface area contributed by atoms with E-state index in [-0.39, 0.29) is 17.6 Å². The Labute approximate surface area is 179 Å². The average Bonchev–Trinajstić information content (AvgIpc) is 3.22. The first-order valence-electron chi connectivity index (χ1n) is 9.86. The lowest BCUT2D eigenvalue weighted by Crippen LogP contribution is -2.51. The van der Waals surface area contributed by atoms with Gasteiger partial charge in [0.05, 0.1) is 13.2 Å². The van der Waals surface area contributed by atoms with Crippen molar-refractivity contribution in [1.82, 2.24) is 15.1 Å². The van der Waals surface area contributed by atoms with Crippen molar-refractivity contribution in [2.75, 3.05) is 53.0 Å². The quantitative estimate of drug-likeness (QED) is 0.515. The van der Waals surface area contributed by atoms with E-state index < -0.39 is 0 Å². The minimum Gasteiger partial charge on any atom is -0.383 e. The Kier molecular flexibility index (Phi) is 8.12. The van der Waals surface area contributed by atoms with Crippen LogP contribution in [0.2, 0.25) is 0 Å². The molecule has 3 rings (SSSR count). The Morgan fingerprint density at radius 1 is 1.13 bits per heavy atom. The SMILES string of the molecule is COCCNC(=O)CN1CCN(C(=O)C=Cc2ccc(-c3ccc(F)cc3)s2)CC1. The number of carbonyl (C=O) groups is 2. The van der Waals surface area contributed by atoms with Crippen LogP contribution in [0, 0.1) is 5.82 Å². The van der Waals surface area contributed by atoms with Gasteiger partial charge in [0.15, 0.2) is 0 Å². The number of hydrogen-bond donors (Lipinski definition) is 1. The van der Waals surface area contributed by atoms with E-state index >= 15 is 0 Å². The van der Waals surface area contributed by atoms with E-state index in [0.717, 1.165) is 15.3 Å². The van der Waals surface area contributed by atoms with E-state index in [1.54, 1.807) is 41.6 Å². The third kappa shape index (κ3) is 6.48. The van der Waals surface area contributed by atoms with Crippen LogP contribution in [0.15, 0.2) is 42.5 Å². The highest BCUT2D eigenvalue weighted by Gasteiger charge is 2.21. The van der Waals surface area contributed by atoms with Gasteiger partial charge in [-0.1, -0.05) is 12.1 Å². The fraction of sp³-hybridized carbons (Fsp3) is 0.364. The molecule has 0 unspecified atom stereocenters. The molecule has 30 heavy (non-hydrogen) atoms. The Bertz CT molecular complexity index is 874. The predicted octanol–water partition coefficient (Wildman–Crippen LogP) is 2.47. The molecule has 0 bridgehead atoms. The summed E-state index contributed by atoms with van der Waals surface area (Å²) in [5.74, 6) is -0.315. The van der Waals surface area contributed by atoms with Crippen LogP contribution in [0.25, 0.3) is 16.5 Å². The topological polar surface area (TPSA) is 61.9 Å². The molecular weight excluding hydrogens is 405 g/mol. The van der Waals surface area contributed by atoms with E-state index in [9.17, 15) is 14.0 Å². The van der Waals surface area contributed by atoms with Crippen LogP contribution >= 0.6 is 11.3 Å². The van der Waals surface area contributed by atoms with Crippen LogP contribution in [0.5, 0.6) is 0 Å². The number of carbonyl (C=O) groups excluding carboxylic acids is 2. The summed E-state index contributed by atoms with van der Waals surface area (Å²) in [4.78, 5) is 30.2. The standard InChI is InChI=1S/C22H26FN3O3S/c1-29-15-10-24-21(27)16-25-11-13-26(14-12-25)22(28)9-7-19-6-8-20(30-19)17-2-4-18(23)5-3-17/h2-9H,10-16H2,1H3,(H,24,27). The molecule has 0 spiro atoms. The lowest BCUT2D eigenvalue weighted by atomic mass is 10.2.